The van der Waals surface area contributed by atoms with Gasteiger partial charge in [0, 0.05) is 27.6 Å². The molecule has 28 heavy (non-hydrogen) atoms. The van der Waals surface area contributed by atoms with Crippen molar-refractivity contribution in [2.45, 2.75) is 31.1 Å². The Morgan fingerprint density at radius 1 is 1.14 bits per heavy atom. The lowest BCUT2D eigenvalue weighted by atomic mass is 10.1. The number of para-hydroxylation sites is 1. The zero-order valence-corrected chi connectivity index (χ0v) is 17.5. The summed E-state index contributed by atoms with van der Waals surface area (Å²) in [7, 11) is 0. The smallest absolute Gasteiger partial charge is 0.247 e. The number of nitrogens with zero attached hydrogens (tertiary/aromatic N) is 3. The van der Waals surface area contributed by atoms with Crippen LogP contribution in [-0.4, -0.2) is 20.9 Å². The standard InChI is InChI=1S/C20H18Cl2N4OS/c1-2-3-10-28-20-24-19-17(25-26-20)14-6-4-5-7-16(14)23-18(27-19)13-9-8-12(21)11-15(13)22/h4-9,11,18,23H,2-3,10H2,1H3. The Hall–Kier alpha value is -2.02. The van der Waals surface area contributed by atoms with Gasteiger partial charge in [0.05, 0.1) is 5.02 Å². The van der Waals surface area contributed by atoms with E-state index >= 15 is 0 Å². The topological polar surface area (TPSA) is 59.9 Å². The summed E-state index contributed by atoms with van der Waals surface area (Å²) >= 11 is 14.1. The molecule has 0 saturated carbocycles. The summed E-state index contributed by atoms with van der Waals surface area (Å²) < 4.78 is 6.23. The zero-order valence-electron chi connectivity index (χ0n) is 15.2. The third kappa shape index (κ3) is 4.04. The first-order valence-corrected chi connectivity index (χ1v) is 10.7. The van der Waals surface area contributed by atoms with Crippen LogP contribution in [0.15, 0.2) is 47.6 Å². The van der Waals surface area contributed by atoms with E-state index in [0.717, 1.165) is 35.4 Å². The maximum Gasteiger partial charge on any atom is 0.247 e. The Labute approximate surface area is 177 Å². The highest BCUT2D eigenvalue weighted by atomic mass is 35.5. The van der Waals surface area contributed by atoms with Gasteiger partial charge in [0.1, 0.15) is 0 Å². The second-order valence-electron chi connectivity index (χ2n) is 6.30. The molecule has 5 nitrogen and oxygen atoms in total. The Bertz CT molecular complexity index is 1000. The maximum absolute atomic E-state index is 6.43. The van der Waals surface area contributed by atoms with Gasteiger partial charge in [-0.3, -0.25) is 0 Å². The lowest BCUT2D eigenvalue weighted by Gasteiger charge is -2.20. The number of hydrogen-bond acceptors (Lipinski definition) is 6. The third-order valence-electron chi connectivity index (χ3n) is 4.31. The van der Waals surface area contributed by atoms with Crippen molar-refractivity contribution in [2.75, 3.05) is 11.1 Å². The molecule has 0 aliphatic carbocycles. The molecule has 0 fully saturated rings. The molecule has 1 N–H and O–H groups in total. The number of benzene rings is 2. The van der Waals surface area contributed by atoms with E-state index in [2.05, 4.69) is 27.4 Å². The number of halogens is 2. The van der Waals surface area contributed by atoms with E-state index in [1.165, 1.54) is 0 Å². The number of hydrogen-bond donors (Lipinski definition) is 1. The molecule has 1 aromatic heterocycles. The molecular weight excluding hydrogens is 415 g/mol. The van der Waals surface area contributed by atoms with Gasteiger partial charge in [-0.2, -0.15) is 4.98 Å². The summed E-state index contributed by atoms with van der Waals surface area (Å²) in [6.45, 7) is 2.16. The average Bonchev–Trinajstić information content (AvgIpc) is 2.84. The van der Waals surface area contributed by atoms with Crippen molar-refractivity contribution < 1.29 is 4.74 Å². The van der Waals surface area contributed by atoms with E-state index in [9.17, 15) is 0 Å². The van der Waals surface area contributed by atoms with Gasteiger partial charge >= 0.3 is 0 Å². The minimum Gasteiger partial charge on any atom is -0.448 e. The highest BCUT2D eigenvalue weighted by molar-refractivity contribution is 7.99. The summed E-state index contributed by atoms with van der Waals surface area (Å²) in [4.78, 5) is 4.62. The van der Waals surface area contributed by atoms with Gasteiger partial charge in [-0.1, -0.05) is 72.6 Å². The molecule has 0 bridgehead atoms. The minimum absolute atomic E-state index is 0.433. The van der Waals surface area contributed by atoms with E-state index in [-0.39, 0.29) is 0 Å². The molecule has 144 valence electrons. The van der Waals surface area contributed by atoms with Gasteiger partial charge in [0.15, 0.2) is 11.9 Å². The van der Waals surface area contributed by atoms with Crippen molar-refractivity contribution in [3.05, 3.63) is 58.1 Å². The zero-order chi connectivity index (χ0) is 19.5. The maximum atomic E-state index is 6.43. The number of thioether (sulfide) groups is 1. The van der Waals surface area contributed by atoms with Crippen LogP contribution >= 0.6 is 35.0 Å². The van der Waals surface area contributed by atoms with E-state index < -0.39 is 6.23 Å². The minimum atomic E-state index is -0.530. The van der Waals surface area contributed by atoms with Crippen molar-refractivity contribution in [3.63, 3.8) is 0 Å². The summed E-state index contributed by atoms with van der Waals surface area (Å²) in [5, 5.41) is 13.8. The van der Waals surface area contributed by atoms with E-state index in [1.54, 1.807) is 23.9 Å². The van der Waals surface area contributed by atoms with Gasteiger partial charge < -0.3 is 10.1 Å². The number of rotatable bonds is 5. The van der Waals surface area contributed by atoms with Crippen molar-refractivity contribution >= 4 is 40.7 Å². The number of ether oxygens (including phenoxy) is 1. The molecule has 8 heteroatoms. The molecule has 0 amide bonds. The molecule has 1 unspecified atom stereocenters. The van der Waals surface area contributed by atoms with E-state index in [4.69, 9.17) is 27.9 Å². The lowest BCUT2D eigenvalue weighted by molar-refractivity contribution is 0.225. The van der Waals surface area contributed by atoms with Crippen LogP contribution in [0.2, 0.25) is 10.0 Å². The molecule has 3 aromatic rings. The fraction of sp³-hybridized carbons (Fsp3) is 0.250. The molecule has 4 rings (SSSR count). The van der Waals surface area contributed by atoms with Gasteiger partial charge in [0.2, 0.25) is 11.0 Å². The molecule has 1 atom stereocenters. The van der Waals surface area contributed by atoms with Crippen LogP contribution < -0.4 is 10.1 Å². The first kappa shape index (κ1) is 19.3. The number of anilines is 1. The highest BCUT2D eigenvalue weighted by Gasteiger charge is 2.27. The highest BCUT2D eigenvalue weighted by Crippen LogP contribution is 2.40. The molecule has 0 saturated heterocycles. The Morgan fingerprint density at radius 3 is 2.82 bits per heavy atom. The molecule has 0 radical (unpaired) electrons. The number of unbranched alkanes of at least 4 members (excludes halogenated alkanes) is 1. The van der Waals surface area contributed by atoms with E-state index in [0.29, 0.717) is 26.8 Å². The molecule has 1 aliphatic heterocycles. The lowest BCUT2D eigenvalue weighted by Crippen LogP contribution is -2.17. The van der Waals surface area contributed by atoms with Gasteiger partial charge in [-0.25, -0.2) is 0 Å². The predicted octanol–water partition coefficient (Wildman–Crippen LogP) is 6.24. The van der Waals surface area contributed by atoms with Gasteiger partial charge in [-0.05, 0) is 24.6 Å². The molecule has 2 heterocycles. The first-order chi connectivity index (χ1) is 13.7. The number of aromatic nitrogens is 3. The summed E-state index contributed by atoms with van der Waals surface area (Å²) in [5.74, 6) is 1.38. The van der Waals surface area contributed by atoms with Crippen molar-refractivity contribution in [1.29, 1.82) is 0 Å². The number of nitrogens with one attached hydrogen (secondary N) is 1. The van der Waals surface area contributed by atoms with Crippen LogP contribution in [-0.2, 0) is 0 Å². The van der Waals surface area contributed by atoms with Crippen molar-refractivity contribution in [2.24, 2.45) is 0 Å². The van der Waals surface area contributed by atoms with Crippen molar-refractivity contribution in [1.82, 2.24) is 15.2 Å². The fourth-order valence-corrected chi connectivity index (χ4v) is 4.24. The number of fused-ring (bicyclic) bond motifs is 3. The van der Waals surface area contributed by atoms with Crippen LogP contribution in [0, 0.1) is 0 Å². The Balaban J connectivity index is 1.76. The molecule has 1 aliphatic rings. The quantitative estimate of drug-likeness (QED) is 0.380. The van der Waals surface area contributed by atoms with Crippen molar-refractivity contribution in [3.8, 4) is 17.1 Å². The fourth-order valence-electron chi connectivity index (χ4n) is 2.87. The van der Waals surface area contributed by atoms with Gasteiger partial charge in [0.25, 0.3) is 0 Å². The van der Waals surface area contributed by atoms with Crippen LogP contribution in [0.25, 0.3) is 11.3 Å². The largest absolute Gasteiger partial charge is 0.448 e. The monoisotopic (exact) mass is 432 g/mol. The molecule has 2 aromatic carbocycles. The average molecular weight is 433 g/mol. The van der Waals surface area contributed by atoms with Crippen LogP contribution in [0.5, 0.6) is 5.88 Å². The normalized spacial score (nSPS) is 15.0. The van der Waals surface area contributed by atoms with E-state index in [1.807, 2.05) is 30.3 Å². The summed E-state index contributed by atoms with van der Waals surface area (Å²) in [5.41, 5.74) is 3.14. The summed E-state index contributed by atoms with van der Waals surface area (Å²) in [6, 6.07) is 13.2. The Kier molecular flexibility index (Phi) is 5.90. The molecule has 0 spiro atoms. The second-order valence-corrected chi connectivity index (χ2v) is 8.21. The first-order valence-electron chi connectivity index (χ1n) is 9.00. The Morgan fingerprint density at radius 2 is 2.00 bits per heavy atom. The second kappa shape index (κ2) is 8.55. The predicted molar refractivity (Wildman–Crippen MR) is 114 cm³/mol. The van der Waals surface area contributed by atoms with Crippen LogP contribution in [0.1, 0.15) is 31.6 Å². The molecular formula is C20H18Cl2N4OS. The van der Waals surface area contributed by atoms with Gasteiger partial charge in [-0.15, -0.1) is 10.2 Å². The summed E-state index contributed by atoms with van der Waals surface area (Å²) in [6.07, 6.45) is 1.69. The van der Waals surface area contributed by atoms with Crippen LogP contribution in [0.4, 0.5) is 5.69 Å². The van der Waals surface area contributed by atoms with Crippen LogP contribution in [0.3, 0.4) is 0 Å². The third-order valence-corrected chi connectivity index (χ3v) is 5.79. The SMILES string of the molecule is CCCCSc1nnc2c(n1)OC(c1ccc(Cl)cc1Cl)Nc1ccccc1-2.